The molecule has 3 nitrogen and oxygen atoms in total. The molecule has 1 heterocycles. The molecule has 0 radical (unpaired) electrons. The largest absolute Gasteiger partial charge is 0.372 e. The Morgan fingerprint density at radius 2 is 1.79 bits per heavy atom. The molecule has 1 aliphatic rings. The highest BCUT2D eigenvalue weighted by Crippen LogP contribution is 2.46. The van der Waals surface area contributed by atoms with Crippen LogP contribution in [0.5, 0.6) is 0 Å². The average Bonchev–Trinajstić information content (AvgIpc) is 2.64. The molecule has 1 amide bonds. The van der Waals surface area contributed by atoms with Gasteiger partial charge in [0.15, 0.2) is 5.60 Å². The summed E-state index contributed by atoms with van der Waals surface area (Å²) in [4.78, 5) is 13.9. The van der Waals surface area contributed by atoms with Gasteiger partial charge in [0.2, 0.25) is 0 Å². The van der Waals surface area contributed by atoms with Crippen LogP contribution in [0.4, 0.5) is 5.69 Å². The SMILES string of the molecule is CN1C(=O)C(O)(c2ccccc2)c2cccc(Cl)c21. The number of hydrogen-bond acceptors (Lipinski definition) is 2. The number of carbonyl (C=O) groups excluding carboxylic acids is 1. The van der Waals surface area contributed by atoms with Gasteiger partial charge in [-0.1, -0.05) is 54.1 Å². The van der Waals surface area contributed by atoms with Crippen LogP contribution in [0.25, 0.3) is 0 Å². The Bertz CT molecular complexity index is 656. The van der Waals surface area contributed by atoms with E-state index in [4.69, 9.17) is 11.6 Å². The van der Waals surface area contributed by atoms with Crippen LogP contribution in [-0.2, 0) is 10.4 Å². The van der Waals surface area contributed by atoms with E-state index >= 15 is 0 Å². The number of carbonyl (C=O) groups is 1. The van der Waals surface area contributed by atoms with E-state index in [2.05, 4.69) is 0 Å². The normalized spacial score (nSPS) is 21.6. The minimum Gasteiger partial charge on any atom is -0.372 e. The first-order valence-corrected chi connectivity index (χ1v) is 6.29. The molecule has 0 aliphatic carbocycles. The number of para-hydroxylation sites is 1. The lowest BCUT2D eigenvalue weighted by Gasteiger charge is -2.22. The summed E-state index contributed by atoms with van der Waals surface area (Å²) in [5, 5.41) is 11.4. The fraction of sp³-hybridized carbons (Fsp3) is 0.133. The molecule has 0 saturated carbocycles. The molecule has 1 N–H and O–H groups in total. The quantitative estimate of drug-likeness (QED) is 0.867. The molecule has 4 heteroatoms. The highest BCUT2D eigenvalue weighted by atomic mass is 35.5. The maximum Gasteiger partial charge on any atom is 0.268 e. The summed E-state index contributed by atoms with van der Waals surface area (Å²) in [5.74, 6) is -0.387. The lowest BCUT2D eigenvalue weighted by molar-refractivity contribution is -0.131. The summed E-state index contributed by atoms with van der Waals surface area (Å²) >= 11 is 6.14. The van der Waals surface area contributed by atoms with E-state index in [9.17, 15) is 9.90 Å². The number of aliphatic hydroxyl groups is 1. The van der Waals surface area contributed by atoms with Crippen LogP contribution in [0.2, 0.25) is 5.02 Å². The molecule has 96 valence electrons. The van der Waals surface area contributed by atoms with Crippen molar-refractivity contribution in [3.63, 3.8) is 0 Å². The van der Waals surface area contributed by atoms with E-state index in [0.717, 1.165) is 0 Å². The van der Waals surface area contributed by atoms with Crippen molar-refractivity contribution in [1.29, 1.82) is 0 Å². The van der Waals surface area contributed by atoms with Crippen molar-refractivity contribution in [1.82, 2.24) is 0 Å². The Morgan fingerprint density at radius 1 is 1.11 bits per heavy atom. The third kappa shape index (κ3) is 1.52. The predicted octanol–water partition coefficient (Wildman–Crippen LogP) is 2.55. The smallest absolute Gasteiger partial charge is 0.268 e. The minimum atomic E-state index is -1.66. The van der Waals surface area contributed by atoms with Crippen molar-refractivity contribution in [2.45, 2.75) is 5.60 Å². The number of fused-ring (bicyclic) bond motifs is 1. The summed E-state index contributed by atoms with van der Waals surface area (Å²) in [5.41, 5.74) is -0.0111. The fourth-order valence-corrected chi connectivity index (χ4v) is 2.87. The second kappa shape index (κ2) is 4.08. The van der Waals surface area contributed by atoms with Gasteiger partial charge in [0.05, 0.1) is 10.7 Å². The second-order valence-electron chi connectivity index (χ2n) is 4.58. The molecular weight excluding hydrogens is 262 g/mol. The molecule has 0 aromatic heterocycles. The summed E-state index contributed by atoms with van der Waals surface area (Å²) in [6, 6.07) is 14.1. The van der Waals surface area contributed by atoms with Crippen LogP contribution in [0, 0.1) is 0 Å². The Balaban J connectivity index is 2.30. The van der Waals surface area contributed by atoms with E-state index < -0.39 is 5.60 Å². The minimum absolute atomic E-state index is 0.387. The first-order chi connectivity index (χ1) is 9.06. The van der Waals surface area contributed by atoms with Crippen LogP contribution in [0.1, 0.15) is 11.1 Å². The predicted molar refractivity (Wildman–Crippen MR) is 74.3 cm³/mol. The van der Waals surface area contributed by atoms with E-state index in [-0.39, 0.29) is 5.91 Å². The molecular formula is C15H12ClNO2. The Morgan fingerprint density at radius 3 is 2.47 bits per heavy atom. The molecule has 1 atom stereocenters. The van der Waals surface area contributed by atoms with Crippen LogP contribution in [-0.4, -0.2) is 18.1 Å². The van der Waals surface area contributed by atoms with Crippen molar-refractivity contribution in [3.8, 4) is 0 Å². The van der Waals surface area contributed by atoms with Crippen molar-refractivity contribution in [3.05, 3.63) is 64.7 Å². The zero-order chi connectivity index (χ0) is 13.6. The monoisotopic (exact) mass is 273 g/mol. The number of likely N-dealkylation sites (N-methyl/N-ethyl adjacent to an activating group) is 1. The molecule has 3 rings (SSSR count). The molecule has 1 aliphatic heterocycles. The number of hydrogen-bond donors (Lipinski definition) is 1. The summed E-state index contributed by atoms with van der Waals surface area (Å²) < 4.78 is 0. The van der Waals surface area contributed by atoms with Crippen LogP contribution >= 0.6 is 11.6 Å². The summed E-state index contributed by atoms with van der Waals surface area (Å²) in [6.45, 7) is 0. The number of amides is 1. The van der Waals surface area contributed by atoms with Gasteiger partial charge in [0.1, 0.15) is 0 Å². The van der Waals surface area contributed by atoms with Gasteiger partial charge >= 0.3 is 0 Å². The van der Waals surface area contributed by atoms with Gasteiger partial charge in [-0.25, -0.2) is 0 Å². The van der Waals surface area contributed by atoms with Gasteiger partial charge in [-0.15, -0.1) is 0 Å². The maximum absolute atomic E-state index is 12.5. The van der Waals surface area contributed by atoms with Crippen LogP contribution in [0.3, 0.4) is 0 Å². The van der Waals surface area contributed by atoms with Crippen LogP contribution < -0.4 is 4.90 Å². The van der Waals surface area contributed by atoms with Gasteiger partial charge in [-0.2, -0.15) is 0 Å². The van der Waals surface area contributed by atoms with Crippen molar-refractivity contribution < 1.29 is 9.90 Å². The van der Waals surface area contributed by atoms with E-state index in [1.807, 2.05) is 6.07 Å². The zero-order valence-corrected chi connectivity index (χ0v) is 11.1. The van der Waals surface area contributed by atoms with Gasteiger partial charge in [0.25, 0.3) is 5.91 Å². The Labute approximate surface area is 116 Å². The van der Waals surface area contributed by atoms with Gasteiger partial charge in [-0.3, -0.25) is 4.79 Å². The number of anilines is 1. The number of nitrogens with zero attached hydrogens (tertiary/aromatic N) is 1. The molecule has 0 saturated heterocycles. The van der Waals surface area contributed by atoms with E-state index in [1.54, 1.807) is 49.5 Å². The third-order valence-corrected chi connectivity index (χ3v) is 3.82. The first kappa shape index (κ1) is 12.2. The topological polar surface area (TPSA) is 40.5 Å². The zero-order valence-electron chi connectivity index (χ0n) is 10.3. The Hall–Kier alpha value is -1.84. The van der Waals surface area contributed by atoms with Gasteiger partial charge < -0.3 is 10.0 Å². The molecule has 19 heavy (non-hydrogen) atoms. The lowest BCUT2D eigenvalue weighted by atomic mass is 9.87. The maximum atomic E-state index is 12.5. The summed E-state index contributed by atoms with van der Waals surface area (Å²) in [7, 11) is 1.62. The lowest BCUT2D eigenvalue weighted by Crippen LogP contribution is -2.39. The number of benzene rings is 2. The average molecular weight is 274 g/mol. The van der Waals surface area contributed by atoms with Gasteiger partial charge in [0, 0.05) is 12.6 Å². The molecule has 0 bridgehead atoms. The molecule has 0 fully saturated rings. The molecule has 0 spiro atoms. The van der Waals surface area contributed by atoms with Crippen molar-refractivity contribution in [2.75, 3.05) is 11.9 Å². The Kier molecular flexibility index (Phi) is 2.62. The van der Waals surface area contributed by atoms with Crippen molar-refractivity contribution in [2.24, 2.45) is 0 Å². The number of halogens is 1. The van der Waals surface area contributed by atoms with E-state index in [1.165, 1.54) is 4.90 Å². The van der Waals surface area contributed by atoms with Crippen LogP contribution in [0.15, 0.2) is 48.5 Å². The third-order valence-electron chi connectivity index (χ3n) is 3.52. The van der Waals surface area contributed by atoms with Gasteiger partial charge in [-0.05, 0) is 11.6 Å². The van der Waals surface area contributed by atoms with E-state index in [0.29, 0.717) is 21.8 Å². The highest BCUT2D eigenvalue weighted by Gasteiger charge is 2.50. The molecule has 2 aromatic carbocycles. The fourth-order valence-electron chi connectivity index (χ4n) is 2.57. The van der Waals surface area contributed by atoms with Crippen molar-refractivity contribution >= 4 is 23.2 Å². The molecule has 2 aromatic rings. The highest BCUT2D eigenvalue weighted by molar-refractivity contribution is 6.35. The number of rotatable bonds is 1. The first-order valence-electron chi connectivity index (χ1n) is 5.92. The molecule has 1 unspecified atom stereocenters. The second-order valence-corrected chi connectivity index (χ2v) is 4.98. The standard InChI is InChI=1S/C15H12ClNO2/c1-17-13-11(8-5-9-12(13)16)15(19,14(17)18)10-6-3-2-4-7-10/h2-9,19H,1H3. The summed E-state index contributed by atoms with van der Waals surface area (Å²) in [6.07, 6.45) is 0.